The molecule has 3 aromatic carbocycles. The smallest absolute Gasteiger partial charge is 0.308 e. The molecule has 1 fully saturated rings. The van der Waals surface area contributed by atoms with Gasteiger partial charge in [0.25, 0.3) is 11.7 Å². The van der Waals surface area contributed by atoms with Crippen LogP contribution in [-0.2, 0) is 19.8 Å². The van der Waals surface area contributed by atoms with Crippen molar-refractivity contribution in [1.82, 2.24) is 0 Å². The lowest BCUT2D eigenvalue weighted by molar-refractivity contribution is -0.132. The number of ether oxygens (including phenoxy) is 2. The molecule has 7 nitrogen and oxygen atoms in total. The molecule has 1 aliphatic rings. The van der Waals surface area contributed by atoms with Gasteiger partial charge in [-0.15, -0.1) is 0 Å². The summed E-state index contributed by atoms with van der Waals surface area (Å²) in [6.45, 7) is 13.6. The molecule has 1 aliphatic heterocycles. The fraction of sp³-hybridized carbons (Fsp3) is 0.303. The number of hydrogen-bond acceptors (Lipinski definition) is 6. The second-order valence-electron chi connectivity index (χ2n) is 11.1. The summed E-state index contributed by atoms with van der Waals surface area (Å²) in [6.07, 6.45) is 0. The summed E-state index contributed by atoms with van der Waals surface area (Å²) in [6, 6.07) is 16.6. The quantitative estimate of drug-likeness (QED) is 0.125. The Bertz CT molecular complexity index is 1510. The minimum Gasteiger partial charge on any atom is -0.507 e. The molecular weight excluding hydrogens is 506 g/mol. The zero-order valence-electron chi connectivity index (χ0n) is 24.0. The third kappa shape index (κ3) is 5.64. The molecule has 1 atom stereocenters. The van der Waals surface area contributed by atoms with Crippen LogP contribution in [0.2, 0.25) is 0 Å². The van der Waals surface area contributed by atoms with Crippen molar-refractivity contribution in [2.45, 2.75) is 59.9 Å². The third-order valence-corrected chi connectivity index (χ3v) is 6.73. The molecule has 1 amide bonds. The maximum atomic E-state index is 13.7. The maximum Gasteiger partial charge on any atom is 0.308 e. The standard InChI is InChI=1S/C33H35NO6/c1-8-39-27-13-12-23(18-26(27)33(5,6)7)30(36)28-29(22-10-9-11-25(17-22)40-21(4)35)34(32(38)31(28)37)24-15-19(2)14-20(3)16-24/h9-18,29,36H,8H2,1-7H3/b30-28+. The third-order valence-electron chi connectivity index (χ3n) is 6.73. The van der Waals surface area contributed by atoms with Crippen molar-refractivity contribution < 1.29 is 29.0 Å². The number of aryl methyl sites for hydroxylation is 2. The Hall–Kier alpha value is -4.39. The molecule has 0 bridgehead atoms. The van der Waals surface area contributed by atoms with Gasteiger partial charge in [-0.1, -0.05) is 39.0 Å². The van der Waals surface area contributed by atoms with E-state index in [1.807, 2.05) is 59.7 Å². The Labute approximate surface area is 235 Å². The first-order chi connectivity index (χ1) is 18.8. The molecule has 3 aromatic rings. The lowest BCUT2D eigenvalue weighted by atomic mass is 9.84. The first-order valence-corrected chi connectivity index (χ1v) is 13.3. The van der Waals surface area contributed by atoms with Gasteiger partial charge in [0, 0.05) is 23.7 Å². The van der Waals surface area contributed by atoms with Crippen LogP contribution in [0.5, 0.6) is 11.5 Å². The second-order valence-corrected chi connectivity index (χ2v) is 11.1. The average Bonchev–Trinajstić information content (AvgIpc) is 3.13. The van der Waals surface area contributed by atoms with Crippen LogP contribution in [0.4, 0.5) is 5.69 Å². The minimum atomic E-state index is -0.957. The van der Waals surface area contributed by atoms with E-state index < -0.39 is 23.7 Å². The number of carbonyl (C=O) groups excluding carboxylic acids is 3. The van der Waals surface area contributed by atoms with Crippen molar-refractivity contribution >= 4 is 29.1 Å². The number of aliphatic hydroxyl groups excluding tert-OH is 1. The SMILES string of the molecule is CCOc1ccc(/C(O)=C2\C(=O)C(=O)N(c3cc(C)cc(C)c3)C2c2cccc(OC(C)=O)c2)cc1C(C)(C)C. The lowest BCUT2D eigenvalue weighted by Gasteiger charge is -2.27. The van der Waals surface area contributed by atoms with Crippen LogP contribution in [0.25, 0.3) is 5.76 Å². The van der Waals surface area contributed by atoms with Crippen molar-refractivity contribution in [2.75, 3.05) is 11.5 Å². The van der Waals surface area contributed by atoms with E-state index in [0.717, 1.165) is 16.7 Å². The van der Waals surface area contributed by atoms with Gasteiger partial charge in [-0.3, -0.25) is 19.3 Å². The summed E-state index contributed by atoms with van der Waals surface area (Å²) < 4.78 is 11.1. The summed E-state index contributed by atoms with van der Waals surface area (Å²) in [4.78, 5) is 40.3. The van der Waals surface area contributed by atoms with Crippen LogP contribution in [0.3, 0.4) is 0 Å². The van der Waals surface area contributed by atoms with Gasteiger partial charge in [-0.05, 0) is 85.3 Å². The number of aliphatic hydroxyl groups is 1. The molecule has 0 aromatic heterocycles. The van der Waals surface area contributed by atoms with Gasteiger partial charge in [0.2, 0.25) is 0 Å². The molecule has 1 saturated heterocycles. The molecule has 1 N–H and O–H groups in total. The Balaban J connectivity index is 1.98. The number of carbonyl (C=O) groups is 3. The summed E-state index contributed by atoms with van der Waals surface area (Å²) in [7, 11) is 0. The number of ketones is 1. The molecule has 208 valence electrons. The summed E-state index contributed by atoms with van der Waals surface area (Å²) in [5.41, 5.74) is 3.78. The molecule has 40 heavy (non-hydrogen) atoms. The van der Waals surface area contributed by atoms with E-state index in [4.69, 9.17) is 9.47 Å². The Morgan fingerprint density at radius 1 is 0.975 bits per heavy atom. The normalized spacial score (nSPS) is 16.8. The maximum absolute atomic E-state index is 13.7. The first kappa shape index (κ1) is 28.6. The predicted octanol–water partition coefficient (Wildman–Crippen LogP) is 6.55. The molecule has 0 aliphatic carbocycles. The highest BCUT2D eigenvalue weighted by Crippen LogP contribution is 2.44. The van der Waals surface area contributed by atoms with Gasteiger partial charge >= 0.3 is 5.97 Å². The molecule has 7 heteroatoms. The first-order valence-electron chi connectivity index (χ1n) is 13.3. The van der Waals surface area contributed by atoms with E-state index in [1.54, 1.807) is 42.5 Å². The largest absolute Gasteiger partial charge is 0.507 e. The van der Waals surface area contributed by atoms with Crippen molar-refractivity contribution in [2.24, 2.45) is 0 Å². The van der Waals surface area contributed by atoms with Crippen LogP contribution in [0.15, 0.2) is 66.2 Å². The van der Waals surface area contributed by atoms with Gasteiger partial charge in [0.05, 0.1) is 18.2 Å². The van der Waals surface area contributed by atoms with Crippen molar-refractivity contribution in [1.29, 1.82) is 0 Å². The molecule has 0 saturated carbocycles. The number of amides is 1. The number of hydrogen-bond donors (Lipinski definition) is 1. The Morgan fingerprint density at radius 3 is 2.25 bits per heavy atom. The number of rotatable bonds is 6. The molecule has 1 unspecified atom stereocenters. The van der Waals surface area contributed by atoms with E-state index in [-0.39, 0.29) is 22.5 Å². The highest BCUT2D eigenvalue weighted by atomic mass is 16.5. The fourth-order valence-electron chi connectivity index (χ4n) is 5.12. The molecular formula is C33H35NO6. The highest BCUT2D eigenvalue weighted by Gasteiger charge is 2.47. The van der Waals surface area contributed by atoms with E-state index in [1.165, 1.54) is 11.8 Å². The number of Topliss-reactive ketones (excluding diaryl/α,β-unsaturated/α-hetero) is 1. The van der Waals surface area contributed by atoms with Gasteiger partial charge in [-0.2, -0.15) is 0 Å². The van der Waals surface area contributed by atoms with Crippen LogP contribution in [0.1, 0.15) is 68.5 Å². The van der Waals surface area contributed by atoms with Crippen LogP contribution in [0, 0.1) is 13.8 Å². The minimum absolute atomic E-state index is 0.0480. The lowest BCUT2D eigenvalue weighted by Crippen LogP contribution is -2.29. The molecule has 1 heterocycles. The number of esters is 1. The Morgan fingerprint density at radius 2 is 1.65 bits per heavy atom. The van der Waals surface area contributed by atoms with Gasteiger partial charge in [-0.25, -0.2) is 0 Å². The zero-order valence-corrected chi connectivity index (χ0v) is 24.0. The van der Waals surface area contributed by atoms with Gasteiger partial charge < -0.3 is 14.6 Å². The van der Waals surface area contributed by atoms with E-state index in [9.17, 15) is 19.5 Å². The summed E-state index contributed by atoms with van der Waals surface area (Å²) in [5.74, 6) is -1.38. The van der Waals surface area contributed by atoms with Crippen LogP contribution < -0.4 is 14.4 Å². The highest BCUT2D eigenvalue weighted by molar-refractivity contribution is 6.51. The van der Waals surface area contributed by atoms with Crippen LogP contribution >= 0.6 is 0 Å². The van der Waals surface area contributed by atoms with E-state index >= 15 is 0 Å². The van der Waals surface area contributed by atoms with Gasteiger partial charge in [0.1, 0.15) is 17.3 Å². The average molecular weight is 542 g/mol. The molecule has 0 radical (unpaired) electrons. The topological polar surface area (TPSA) is 93.1 Å². The van der Waals surface area contributed by atoms with E-state index in [2.05, 4.69) is 0 Å². The summed E-state index contributed by atoms with van der Waals surface area (Å²) in [5, 5.41) is 11.7. The Kier molecular flexibility index (Phi) is 7.87. The number of nitrogens with zero attached hydrogens (tertiary/aromatic N) is 1. The monoisotopic (exact) mass is 541 g/mol. The van der Waals surface area contributed by atoms with Crippen molar-refractivity contribution in [3.8, 4) is 11.5 Å². The number of anilines is 1. The molecule has 0 spiro atoms. The second kappa shape index (κ2) is 11.0. The number of benzene rings is 3. The van der Waals surface area contributed by atoms with Crippen molar-refractivity contribution in [3.63, 3.8) is 0 Å². The zero-order chi connectivity index (χ0) is 29.4. The summed E-state index contributed by atoms with van der Waals surface area (Å²) >= 11 is 0. The predicted molar refractivity (Wildman–Crippen MR) is 155 cm³/mol. The molecule has 4 rings (SSSR count). The van der Waals surface area contributed by atoms with Gasteiger partial charge in [0.15, 0.2) is 0 Å². The van der Waals surface area contributed by atoms with Crippen LogP contribution in [-0.4, -0.2) is 29.4 Å². The van der Waals surface area contributed by atoms with Crippen molar-refractivity contribution in [3.05, 3.63) is 94.1 Å². The van der Waals surface area contributed by atoms with E-state index in [0.29, 0.717) is 29.2 Å². The fourth-order valence-corrected chi connectivity index (χ4v) is 5.12.